The molecular formula is C12H18N2O3. The van der Waals surface area contributed by atoms with Gasteiger partial charge in [-0.1, -0.05) is 0 Å². The summed E-state index contributed by atoms with van der Waals surface area (Å²) in [6.07, 6.45) is 2.13. The molecule has 0 radical (unpaired) electrons. The fourth-order valence-corrected chi connectivity index (χ4v) is 1.33. The maximum absolute atomic E-state index is 11.4. The number of pyridine rings is 1. The van der Waals surface area contributed by atoms with Crippen molar-refractivity contribution in [2.75, 3.05) is 18.5 Å². The average molecular weight is 238 g/mol. The number of ether oxygens (including phenoxy) is 1. The van der Waals surface area contributed by atoms with Crippen LogP contribution in [-0.4, -0.2) is 35.3 Å². The number of aliphatic hydroxyl groups excluding tert-OH is 1. The Hall–Kier alpha value is -1.62. The maximum Gasteiger partial charge on any atom is 0.339 e. The minimum absolute atomic E-state index is 0.134. The van der Waals surface area contributed by atoms with Gasteiger partial charge in [0.1, 0.15) is 5.82 Å². The Labute approximate surface area is 101 Å². The van der Waals surface area contributed by atoms with Crippen molar-refractivity contribution in [2.45, 2.75) is 26.3 Å². The van der Waals surface area contributed by atoms with Gasteiger partial charge in [-0.25, -0.2) is 9.78 Å². The number of carbonyl (C=O) groups excluding carboxylic acids is 1. The van der Waals surface area contributed by atoms with Gasteiger partial charge in [-0.05, 0) is 32.4 Å². The zero-order valence-corrected chi connectivity index (χ0v) is 10.1. The molecule has 2 N–H and O–H groups in total. The van der Waals surface area contributed by atoms with Crippen LogP contribution in [0.15, 0.2) is 18.3 Å². The number of aliphatic hydroxyl groups is 1. The topological polar surface area (TPSA) is 71.5 Å². The quantitative estimate of drug-likeness (QED) is 0.734. The second-order valence-electron chi connectivity index (χ2n) is 3.71. The highest BCUT2D eigenvalue weighted by Gasteiger charge is 2.07. The van der Waals surface area contributed by atoms with Crippen LogP contribution in [0.25, 0.3) is 0 Å². The van der Waals surface area contributed by atoms with Crippen molar-refractivity contribution >= 4 is 11.8 Å². The molecule has 1 rings (SSSR count). The molecule has 94 valence electrons. The van der Waals surface area contributed by atoms with Crippen LogP contribution in [-0.2, 0) is 4.74 Å². The van der Waals surface area contributed by atoms with Crippen molar-refractivity contribution in [1.29, 1.82) is 0 Å². The third kappa shape index (κ3) is 4.40. The lowest BCUT2D eigenvalue weighted by atomic mass is 10.2. The van der Waals surface area contributed by atoms with Gasteiger partial charge in [0.15, 0.2) is 0 Å². The van der Waals surface area contributed by atoms with E-state index in [2.05, 4.69) is 10.3 Å². The molecule has 0 spiro atoms. The van der Waals surface area contributed by atoms with E-state index in [0.29, 0.717) is 24.4 Å². The minimum atomic E-state index is -0.366. The van der Waals surface area contributed by atoms with E-state index in [1.165, 1.54) is 6.20 Å². The molecule has 0 amide bonds. The maximum atomic E-state index is 11.4. The molecule has 1 aromatic heterocycles. The molecule has 0 saturated heterocycles. The zero-order chi connectivity index (χ0) is 12.7. The van der Waals surface area contributed by atoms with E-state index in [-0.39, 0.29) is 18.6 Å². The molecule has 1 unspecified atom stereocenters. The summed E-state index contributed by atoms with van der Waals surface area (Å²) in [7, 11) is 0. The molecule has 17 heavy (non-hydrogen) atoms. The Balaban J connectivity index is 2.58. The van der Waals surface area contributed by atoms with Crippen LogP contribution in [0.3, 0.4) is 0 Å². The smallest absolute Gasteiger partial charge is 0.339 e. The largest absolute Gasteiger partial charge is 0.462 e. The van der Waals surface area contributed by atoms with Gasteiger partial charge in [-0.3, -0.25) is 0 Å². The summed E-state index contributed by atoms with van der Waals surface area (Å²) in [5.41, 5.74) is 0.437. The van der Waals surface area contributed by atoms with Crippen LogP contribution in [0.5, 0.6) is 0 Å². The van der Waals surface area contributed by atoms with Crippen molar-refractivity contribution in [3.05, 3.63) is 23.9 Å². The summed E-state index contributed by atoms with van der Waals surface area (Å²) in [5, 5.41) is 11.9. The van der Waals surface area contributed by atoms with Crippen LogP contribution in [0.1, 0.15) is 30.6 Å². The van der Waals surface area contributed by atoms with Gasteiger partial charge < -0.3 is 15.2 Å². The Kier molecular flexibility index (Phi) is 5.42. The number of nitrogens with one attached hydrogen (secondary N) is 1. The summed E-state index contributed by atoms with van der Waals surface area (Å²) in [5.74, 6) is 0.314. The first-order chi connectivity index (χ1) is 8.17. The summed E-state index contributed by atoms with van der Waals surface area (Å²) in [6.45, 7) is 4.20. The van der Waals surface area contributed by atoms with Crippen LogP contribution in [0.2, 0.25) is 0 Å². The number of anilines is 1. The van der Waals surface area contributed by atoms with Gasteiger partial charge >= 0.3 is 5.97 Å². The molecule has 5 heteroatoms. The Morgan fingerprint density at radius 2 is 2.35 bits per heavy atom. The van der Waals surface area contributed by atoms with E-state index < -0.39 is 0 Å². The number of hydrogen-bond acceptors (Lipinski definition) is 5. The normalized spacial score (nSPS) is 11.9. The molecule has 0 aliphatic rings. The fraction of sp³-hybridized carbons (Fsp3) is 0.500. The summed E-state index contributed by atoms with van der Waals surface area (Å²) in [4.78, 5) is 15.5. The van der Waals surface area contributed by atoms with Gasteiger partial charge in [-0.15, -0.1) is 0 Å². The lowest BCUT2D eigenvalue weighted by molar-refractivity contribution is 0.0526. The van der Waals surface area contributed by atoms with Gasteiger partial charge in [0.25, 0.3) is 0 Å². The predicted molar refractivity (Wildman–Crippen MR) is 65.0 cm³/mol. The molecule has 0 aliphatic heterocycles. The molecule has 0 fully saturated rings. The molecule has 5 nitrogen and oxygen atoms in total. The van der Waals surface area contributed by atoms with E-state index in [1.54, 1.807) is 19.1 Å². The van der Waals surface area contributed by atoms with Gasteiger partial charge in [0.2, 0.25) is 0 Å². The van der Waals surface area contributed by atoms with Crippen molar-refractivity contribution in [2.24, 2.45) is 0 Å². The van der Waals surface area contributed by atoms with E-state index in [0.717, 1.165) is 0 Å². The molecule has 1 atom stereocenters. The van der Waals surface area contributed by atoms with Crippen LogP contribution in [0.4, 0.5) is 5.82 Å². The van der Waals surface area contributed by atoms with Crippen molar-refractivity contribution in [3.63, 3.8) is 0 Å². The predicted octanol–water partition coefficient (Wildman–Crippen LogP) is 1.44. The first kappa shape index (κ1) is 13.4. The minimum Gasteiger partial charge on any atom is -0.462 e. The van der Waals surface area contributed by atoms with Crippen molar-refractivity contribution < 1.29 is 14.6 Å². The van der Waals surface area contributed by atoms with Gasteiger partial charge in [0.05, 0.1) is 12.2 Å². The van der Waals surface area contributed by atoms with Gasteiger partial charge in [-0.2, -0.15) is 0 Å². The van der Waals surface area contributed by atoms with E-state index in [4.69, 9.17) is 9.84 Å². The molecular weight excluding hydrogens is 220 g/mol. The van der Waals surface area contributed by atoms with Crippen molar-refractivity contribution in [3.8, 4) is 0 Å². The highest BCUT2D eigenvalue weighted by molar-refractivity contribution is 5.89. The molecule has 0 aromatic carbocycles. The van der Waals surface area contributed by atoms with Crippen LogP contribution >= 0.6 is 0 Å². The number of esters is 1. The lowest BCUT2D eigenvalue weighted by Gasteiger charge is -2.12. The Bertz CT molecular complexity index is 351. The third-order valence-corrected chi connectivity index (χ3v) is 2.23. The standard InChI is InChI=1S/C12H18N2O3/c1-3-17-12(16)10-4-5-11(13-8-10)14-9(2)6-7-15/h4-5,8-9,15H,3,6-7H2,1-2H3,(H,13,14). The SMILES string of the molecule is CCOC(=O)c1ccc(NC(C)CCO)nc1. The number of carbonyl (C=O) groups is 1. The number of nitrogens with zero attached hydrogens (tertiary/aromatic N) is 1. The molecule has 1 heterocycles. The van der Waals surface area contributed by atoms with E-state index >= 15 is 0 Å². The zero-order valence-electron chi connectivity index (χ0n) is 10.1. The average Bonchev–Trinajstić information content (AvgIpc) is 2.30. The Morgan fingerprint density at radius 3 is 2.88 bits per heavy atom. The van der Waals surface area contributed by atoms with Crippen LogP contribution < -0.4 is 5.32 Å². The second kappa shape index (κ2) is 6.85. The second-order valence-corrected chi connectivity index (χ2v) is 3.71. The molecule has 1 aromatic rings. The summed E-state index contributed by atoms with van der Waals surface area (Å²) in [6, 6.07) is 3.53. The number of hydrogen-bond donors (Lipinski definition) is 2. The number of aromatic nitrogens is 1. The van der Waals surface area contributed by atoms with Crippen LogP contribution in [0, 0.1) is 0 Å². The van der Waals surface area contributed by atoms with E-state index in [9.17, 15) is 4.79 Å². The molecule has 0 saturated carbocycles. The van der Waals surface area contributed by atoms with Gasteiger partial charge in [0, 0.05) is 18.8 Å². The van der Waals surface area contributed by atoms with E-state index in [1.807, 2.05) is 6.92 Å². The molecule has 0 aliphatic carbocycles. The summed E-state index contributed by atoms with van der Waals surface area (Å²) >= 11 is 0. The summed E-state index contributed by atoms with van der Waals surface area (Å²) < 4.78 is 4.86. The monoisotopic (exact) mass is 238 g/mol. The lowest BCUT2D eigenvalue weighted by Crippen LogP contribution is -2.17. The third-order valence-electron chi connectivity index (χ3n) is 2.23. The first-order valence-electron chi connectivity index (χ1n) is 5.68. The Morgan fingerprint density at radius 1 is 1.59 bits per heavy atom. The molecule has 0 bridgehead atoms. The highest BCUT2D eigenvalue weighted by Crippen LogP contribution is 2.08. The van der Waals surface area contributed by atoms with Crippen molar-refractivity contribution in [1.82, 2.24) is 4.98 Å². The highest BCUT2D eigenvalue weighted by atomic mass is 16.5. The first-order valence-corrected chi connectivity index (χ1v) is 5.68. The number of rotatable bonds is 6. The fourth-order valence-electron chi connectivity index (χ4n) is 1.33.